The van der Waals surface area contributed by atoms with Gasteiger partial charge in [-0.1, -0.05) is 0 Å². The fourth-order valence-corrected chi connectivity index (χ4v) is 5.58. The number of nitrogens with zero attached hydrogens (tertiary/aromatic N) is 3. The number of nitrogens with one attached hydrogen (secondary N) is 3. The molecule has 0 radical (unpaired) electrons. The van der Waals surface area contributed by atoms with Crippen LogP contribution in [0.4, 0.5) is 0 Å². The SMILES string of the molecule is CC(=O)N(O)CCCCCNC(=O)CCC(=O)N(O)CCCCCNC(=O)CCC(=O)N(O)CCCCCNC(=O)c1ccc2c(c1)OCCOCCOCCOCCO2. The van der Waals surface area contributed by atoms with Crippen molar-refractivity contribution in [1.82, 2.24) is 31.1 Å². The highest BCUT2D eigenvalue weighted by Crippen LogP contribution is 2.28. The molecule has 60 heavy (non-hydrogen) atoms. The van der Waals surface area contributed by atoms with E-state index in [1.165, 1.54) is 6.92 Å². The Labute approximate surface area is 352 Å². The molecule has 0 bridgehead atoms. The number of carbonyl (C=O) groups excluding carboxylic acids is 6. The standard InChI is InChI=1S/C40H66N6O14/c1-32(47)44(53)20-8-2-5-17-41-36(48)13-15-38(50)45(54)21-9-3-6-18-42-37(49)14-16-39(51)46(55)22-10-4-7-19-43-40(52)33-11-12-34-35(31-33)60-30-28-58-26-24-56-23-25-57-27-29-59-34/h11-12,31,53-55H,2-10,13-30H2,1H3,(H,41,48)(H,42,49)(H,43,52). The zero-order chi connectivity index (χ0) is 43.8. The van der Waals surface area contributed by atoms with Crippen LogP contribution in [-0.4, -0.2) is 158 Å². The molecule has 6 N–H and O–H groups in total. The van der Waals surface area contributed by atoms with Gasteiger partial charge < -0.3 is 39.6 Å². The summed E-state index contributed by atoms with van der Waals surface area (Å²) in [5, 5.41) is 39.5. The molecule has 20 heteroatoms. The van der Waals surface area contributed by atoms with Crippen LogP contribution in [0.25, 0.3) is 0 Å². The molecular formula is C40H66N6O14. The minimum absolute atomic E-state index is 0.0631. The number of rotatable bonds is 25. The molecule has 0 aliphatic carbocycles. The summed E-state index contributed by atoms with van der Waals surface area (Å²) in [6, 6.07) is 4.95. The first kappa shape index (κ1) is 51.5. The predicted octanol–water partition coefficient (Wildman–Crippen LogP) is 2.21. The van der Waals surface area contributed by atoms with Crippen LogP contribution in [0.3, 0.4) is 0 Å². The Morgan fingerprint density at radius 3 is 1.40 bits per heavy atom. The Balaban J connectivity index is 1.49. The van der Waals surface area contributed by atoms with Gasteiger partial charge in [0.15, 0.2) is 11.5 Å². The van der Waals surface area contributed by atoms with Crippen LogP contribution in [0.2, 0.25) is 0 Å². The summed E-state index contributed by atoms with van der Waals surface area (Å²) in [5.41, 5.74) is 0.404. The second-order valence-electron chi connectivity index (χ2n) is 14.0. The summed E-state index contributed by atoms with van der Waals surface area (Å²) in [5.74, 6) is -1.59. The lowest BCUT2D eigenvalue weighted by Crippen LogP contribution is -2.31. The van der Waals surface area contributed by atoms with Crippen LogP contribution in [0.1, 0.15) is 101 Å². The van der Waals surface area contributed by atoms with Crippen molar-refractivity contribution in [3.05, 3.63) is 23.8 Å². The molecule has 6 amide bonds. The number of hydroxylamine groups is 6. The molecule has 0 fully saturated rings. The zero-order valence-electron chi connectivity index (χ0n) is 35.0. The molecule has 0 saturated carbocycles. The first-order chi connectivity index (χ1) is 29.0. The molecule has 1 aromatic carbocycles. The number of ether oxygens (including phenoxy) is 5. The first-order valence-corrected chi connectivity index (χ1v) is 20.9. The maximum absolute atomic E-state index is 12.8. The van der Waals surface area contributed by atoms with Crippen molar-refractivity contribution in [2.24, 2.45) is 0 Å². The molecule has 340 valence electrons. The van der Waals surface area contributed by atoms with Crippen molar-refractivity contribution >= 4 is 35.4 Å². The second kappa shape index (κ2) is 32.2. The van der Waals surface area contributed by atoms with E-state index in [-0.39, 0.29) is 69.6 Å². The minimum atomic E-state index is -0.571. The van der Waals surface area contributed by atoms with Gasteiger partial charge in [0.25, 0.3) is 5.91 Å². The molecule has 1 heterocycles. The van der Waals surface area contributed by atoms with Crippen LogP contribution < -0.4 is 25.4 Å². The summed E-state index contributed by atoms with van der Waals surface area (Å²) in [6.07, 6.45) is 4.93. The number of fused-ring (bicyclic) bond motifs is 1. The lowest BCUT2D eigenvalue weighted by atomic mass is 10.1. The van der Waals surface area contributed by atoms with E-state index in [9.17, 15) is 44.4 Å². The van der Waals surface area contributed by atoms with Gasteiger partial charge in [-0.05, 0) is 76.0 Å². The van der Waals surface area contributed by atoms with Crippen LogP contribution in [-0.2, 0) is 38.2 Å². The van der Waals surface area contributed by atoms with E-state index < -0.39 is 17.7 Å². The van der Waals surface area contributed by atoms with Crippen molar-refractivity contribution in [2.75, 3.05) is 92.1 Å². The van der Waals surface area contributed by atoms with Crippen LogP contribution in [0, 0.1) is 0 Å². The van der Waals surface area contributed by atoms with E-state index in [0.29, 0.717) is 156 Å². The van der Waals surface area contributed by atoms with Crippen molar-refractivity contribution < 1.29 is 68.1 Å². The molecule has 1 aromatic rings. The van der Waals surface area contributed by atoms with Gasteiger partial charge in [0.1, 0.15) is 13.2 Å². The fourth-order valence-electron chi connectivity index (χ4n) is 5.58. The number of amides is 6. The normalized spacial score (nSPS) is 13.5. The summed E-state index contributed by atoms with van der Waals surface area (Å²) in [6.45, 7) is 5.90. The fraction of sp³-hybridized carbons (Fsp3) is 0.700. The minimum Gasteiger partial charge on any atom is -0.487 e. The topological polar surface area (TPSA) is 255 Å². The van der Waals surface area contributed by atoms with E-state index in [0.717, 1.165) is 0 Å². The molecule has 1 aliphatic heterocycles. The smallest absolute Gasteiger partial charge is 0.251 e. The largest absolute Gasteiger partial charge is 0.487 e. The van der Waals surface area contributed by atoms with E-state index in [2.05, 4.69) is 16.0 Å². The Morgan fingerprint density at radius 1 is 0.517 bits per heavy atom. The van der Waals surface area contributed by atoms with Gasteiger partial charge in [-0.15, -0.1) is 0 Å². The third kappa shape index (κ3) is 24.5. The van der Waals surface area contributed by atoms with Crippen LogP contribution >= 0.6 is 0 Å². The average molecular weight is 855 g/mol. The van der Waals surface area contributed by atoms with Gasteiger partial charge in [-0.2, -0.15) is 0 Å². The maximum atomic E-state index is 12.8. The molecule has 2 rings (SSSR count). The monoisotopic (exact) mass is 854 g/mol. The quantitative estimate of drug-likeness (QED) is 0.0469. The highest BCUT2D eigenvalue weighted by molar-refractivity contribution is 5.94. The first-order valence-electron chi connectivity index (χ1n) is 20.9. The number of hydrogen-bond donors (Lipinski definition) is 6. The molecule has 0 atom stereocenters. The Morgan fingerprint density at radius 2 is 0.933 bits per heavy atom. The number of unbranched alkanes of at least 4 members (excludes halogenated alkanes) is 6. The van der Waals surface area contributed by atoms with Crippen molar-refractivity contribution in [2.45, 2.75) is 90.4 Å². The van der Waals surface area contributed by atoms with E-state index in [1.807, 2.05) is 0 Å². The van der Waals surface area contributed by atoms with Gasteiger partial charge in [-0.3, -0.25) is 44.4 Å². The Bertz CT molecular complexity index is 1440. The number of hydrogen-bond acceptors (Lipinski definition) is 14. The Kier molecular flexibility index (Phi) is 27.7. The van der Waals surface area contributed by atoms with Crippen LogP contribution in [0.5, 0.6) is 11.5 Å². The molecule has 0 aromatic heterocycles. The highest BCUT2D eigenvalue weighted by Gasteiger charge is 2.16. The van der Waals surface area contributed by atoms with Crippen molar-refractivity contribution in [1.29, 1.82) is 0 Å². The van der Waals surface area contributed by atoms with Gasteiger partial charge in [0.05, 0.1) is 39.6 Å². The second-order valence-corrected chi connectivity index (χ2v) is 14.0. The molecule has 0 saturated heterocycles. The summed E-state index contributed by atoms with van der Waals surface area (Å²) < 4.78 is 28.0. The molecule has 0 spiro atoms. The van der Waals surface area contributed by atoms with Crippen molar-refractivity contribution in [3.63, 3.8) is 0 Å². The van der Waals surface area contributed by atoms with E-state index in [1.54, 1.807) is 18.2 Å². The lowest BCUT2D eigenvalue weighted by molar-refractivity contribution is -0.166. The third-order valence-electron chi connectivity index (χ3n) is 9.06. The van der Waals surface area contributed by atoms with E-state index in [4.69, 9.17) is 23.7 Å². The highest BCUT2D eigenvalue weighted by atomic mass is 16.6. The average Bonchev–Trinajstić information content (AvgIpc) is 3.24. The van der Waals surface area contributed by atoms with Gasteiger partial charge in [-0.25, -0.2) is 15.2 Å². The molecule has 20 nitrogen and oxygen atoms in total. The maximum Gasteiger partial charge on any atom is 0.251 e. The predicted molar refractivity (Wildman–Crippen MR) is 214 cm³/mol. The zero-order valence-corrected chi connectivity index (χ0v) is 35.0. The number of benzene rings is 1. The summed E-state index contributed by atoms with van der Waals surface area (Å²) in [7, 11) is 0. The van der Waals surface area contributed by atoms with Gasteiger partial charge in [0.2, 0.25) is 29.5 Å². The summed E-state index contributed by atoms with van der Waals surface area (Å²) in [4.78, 5) is 72.3. The Hall–Kier alpha value is -4.60. The van der Waals surface area contributed by atoms with Gasteiger partial charge in [0, 0.05) is 77.4 Å². The molecule has 0 unspecified atom stereocenters. The molecular weight excluding hydrogens is 788 g/mol. The van der Waals surface area contributed by atoms with E-state index >= 15 is 0 Å². The van der Waals surface area contributed by atoms with Crippen LogP contribution in [0.15, 0.2) is 18.2 Å². The molecule has 1 aliphatic rings. The lowest BCUT2D eigenvalue weighted by Gasteiger charge is -2.15. The number of carbonyl (C=O) groups is 6. The third-order valence-corrected chi connectivity index (χ3v) is 9.06. The van der Waals surface area contributed by atoms with Crippen molar-refractivity contribution in [3.8, 4) is 11.5 Å². The summed E-state index contributed by atoms with van der Waals surface area (Å²) >= 11 is 0. The van der Waals surface area contributed by atoms with Gasteiger partial charge >= 0.3 is 0 Å².